The Hall–Kier alpha value is -0.770. The standard InChI is InChI=1S/C12H14ClNO2/c13-10-1-2-11-9(7-10)8-15-12(16-11)3-5-14-6-4-12/h1-2,7,14H,3-6,8H2. The summed E-state index contributed by atoms with van der Waals surface area (Å²) in [6.07, 6.45) is 1.80. The molecule has 0 saturated carbocycles. The van der Waals surface area contributed by atoms with Gasteiger partial charge in [-0.2, -0.15) is 0 Å². The van der Waals surface area contributed by atoms with Crippen LogP contribution in [0.3, 0.4) is 0 Å². The Morgan fingerprint density at radius 3 is 2.88 bits per heavy atom. The molecule has 1 N–H and O–H groups in total. The zero-order chi connectivity index (χ0) is 11.0. The molecule has 4 heteroatoms. The van der Waals surface area contributed by atoms with Crippen molar-refractivity contribution in [3.8, 4) is 5.75 Å². The molecule has 0 aliphatic carbocycles. The van der Waals surface area contributed by atoms with Gasteiger partial charge in [-0.05, 0) is 18.2 Å². The fourth-order valence-electron chi connectivity index (χ4n) is 2.25. The van der Waals surface area contributed by atoms with Crippen molar-refractivity contribution in [3.05, 3.63) is 28.8 Å². The number of benzene rings is 1. The van der Waals surface area contributed by atoms with E-state index in [1.807, 2.05) is 18.2 Å². The van der Waals surface area contributed by atoms with Crippen LogP contribution >= 0.6 is 11.6 Å². The highest BCUT2D eigenvalue weighted by atomic mass is 35.5. The van der Waals surface area contributed by atoms with Crippen LogP contribution in [-0.2, 0) is 11.3 Å². The maximum absolute atomic E-state index is 5.99. The molecule has 2 heterocycles. The lowest BCUT2D eigenvalue weighted by molar-refractivity contribution is -0.218. The molecule has 0 radical (unpaired) electrons. The van der Waals surface area contributed by atoms with Crippen LogP contribution in [0.4, 0.5) is 0 Å². The van der Waals surface area contributed by atoms with Crippen molar-refractivity contribution >= 4 is 11.6 Å². The van der Waals surface area contributed by atoms with Gasteiger partial charge in [0.1, 0.15) is 5.75 Å². The van der Waals surface area contributed by atoms with E-state index in [9.17, 15) is 0 Å². The van der Waals surface area contributed by atoms with Crippen LogP contribution in [0.2, 0.25) is 5.02 Å². The van der Waals surface area contributed by atoms with Gasteiger partial charge >= 0.3 is 0 Å². The van der Waals surface area contributed by atoms with Crippen molar-refractivity contribution in [2.75, 3.05) is 13.1 Å². The summed E-state index contributed by atoms with van der Waals surface area (Å²) in [7, 11) is 0. The molecule has 3 nitrogen and oxygen atoms in total. The maximum atomic E-state index is 5.99. The first kappa shape index (κ1) is 10.4. The Balaban J connectivity index is 1.88. The van der Waals surface area contributed by atoms with Crippen LogP contribution < -0.4 is 10.1 Å². The van der Waals surface area contributed by atoms with E-state index >= 15 is 0 Å². The van der Waals surface area contributed by atoms with E-state index < -0.39 is 5.79 Å². The molecule has 0 unspecified atom stereocenters. The van der Waals surface area contributed by atoms with Gasteiger partial charge in [-0.25, -0.2) is 0 Å². The van der Waals surface area contributed by atoms with Gasteiger partial charge in [-0.15, -0.1) is 0 Å². The second kappa shape index (κ2) is 3.91. The highest BCUT2D eigenvalue weighted by molar-refractivity contribution is 6.30. The van der Waals surface area contributed by atoms with Gasteiger partial charge in [0.15, 0.2) is 0 Å². The summed E-state index contributed by atoms with van der Waals surface area (Å²) >= 11 is 5.93. The second-order valence-electron chi connectivity index (χ2n) is 4.30. The predicted octanol–water partition coefficient (Wildman–Crippen LogP) is 2.33. The first-order chi connectivity index (χ1) is 7.77. The van der Waals surface area contributed by atoms with Crippen molar-refractivity contribution in [1.29, 1.82) is 0 Å². The number of fused-ring (bicyclic) bond motifs is 1. The van der Waals surface area contributed by atoms with Gasteiger partial charge in [0.05, 0.1) is 6.61 Å². The predicted molar refractivity (Wildman–Crippen MR) is 61.7 cm³/mol. The van der Waals surface area contributed by atoms with Crippen LogP contribution in [0, 0.1) is 0 Å². The Morgan fingerprint density at radius 2 is 2.06 bits per heavy atom. The monoisotopic (exact) mass is 239 g/mol. The molecule has 0 bridgehead atoms. The number of rotatable bonds is 0. The Labute approximate surface area is 99.7 Å². The van der Waals surface area contributed by atoms with E-state index in [1.54, 1.807) is 0 Å². The summed E-state index contributed by atoms with van der Waals surface area (Å²) in [5, 5.41) is 4.04. The zero-order valence-electron chi connectivity index (χ0n) is 8.96. The lowest BCUT2D eigenvalue weighted by atomic mass is 10.0. The lowest BCUT2D eigenvalue weighted by Gasteiger charge is -2.41. The molecule has 3 rings (SSSR count). The Morgan fingerprint density at radius 1 is 1.25 bits per heavy atom. The summed E-state index contributed by atoms with van der Waals surface area (Å²) in [6.45, 7) is 2.49. The average molecular weight is 240 g/mol. The average Bonchev–Trinajstić information content (AvgIpc) is 2.31. The summed E-state index contributed by atoms with van der Waals surface area (Å²) in [6, 6.07) is 5.70. The van der Waals surface area contributed by atoms with Crippen molar-refractivity contribution in [1.82, 2.24) is 5.32 Å². The Bertz CT molecular complexity index is 402. The molecular formula is C12H14ClNO2. The second-order valence-corrected chi connectivity index (χ2v) is 4.74. The third-order valence-corrected chi connectivity index (χ3v) is 3.41. The highest BCUT2D eigenvalue weighted by Crippen LogP contribution is 2.37. The van der Waals surface area contributed by atoms with Crippen molar-refractivity contribution in [3.63, 3.8) is 0 Å². The number of halogens is 1. The topological polar surface area (TPSA) is 30.5 Å². The van der Waals surface area contributed by atoms with Crippen molar-refractivity contribution in [2.24, 2.45) is 0 Å². The molecule has 1 aromatic rings. The summed E-state index contributed by atoms with van der Waals surface area (Å²) in [5.41, 5.74) is 1.04. The Kier molecular flexibility index (Phi) is 2.54. The van der Waals surface area contributed by atoms with Gasteiger partial charge < -0.3 is 14.8 Å². The van der Waals surface area contributed by atoms with E-state index in [-0.39, 0.29) is 0 Å². The van der Waals surface area contributed by atoms with Gasteiger partial charge in [0.25, 0.3) is 0 Å². The first-order valence-corrected chi connectivity index (χ1v) is 5.97. The molecule has 86 valence electrons. The molecule has 16 heavy (non-hydrogen) atoms. The van der Waals surface area contributed by atoms with Gasteiger partial charge in [-0.1, -0.05) is 11.6 Å². The molecule has 2 aliphatic heterocycles. The minimum Gasteiger partial charge on any atom is -0.462 e. The van der Waals surface area contributed by atoms with E-state index in [0.717, 1.165) is 42.3 Å². The van der Waals surface area contributed by atoms with Crippen LogP contribution in [-0.4, -0.2) is 18.9 Å². The molecule has 1 spiro atoms. The maximum Gasteiger partial charge on any atom is 0.213 e. The lowest BCUT2D eigenvalue weighted by Crippen LogP contribution is -2.49. The number of nitrogens with one attached hydrogen (secondary N) is 1. The SMILES string of the molecule is Clc1ccc2c(c1)COC1(CCNCC1)O2. The van der Waals surface area contributed by atoms with E-state index in [1.165, 1.54) is 0 Å². The summed E-state index contributed by atoms with van der Waals surface area (Å²) < 4.78 is 11.9. The van der Waals surface area contributed by atoms with Crippen LogP contribution in [0.25, 0.3) is 0 Å². The highest BCUT2D eigenvalue weighted by Gasteiger charge is 2.38. The summed E-state index contributed by atoms with van der Waals surface area (Å²) in [4.78, 5) is 0. The molecule has 0 amide bonds. The van der Waals surface area contributed by atoms with Gasteiger partial charge in [0, 0.05) is 36.5 Å². The smallest absolute Gasteiger partial charge is 0.213 e. The zero-order valence-corrected chi connectivity index (χ0v) is 9.72. The third kappa shape index (κ3) is 1.79. The third-order valence-electron chi connectivity index (χ3n) is 3.17. The number of hydrogen-bond donors (Lipinski definition) is 1. The largest absolute Gasteiger partial charge is 0.462 e. The van der Waals surface area contributed by atoms with Gasteiger partial charge in [0.2, 0.25) is 5.79 Å². The molecule has 0 aromatic heterocycles. The van der Waals surface area contributed by atoms with Crippen LogP contribution in [0.15, 0.2) is 18.2 Å². The first-order valence-electron chi connectivity index (χ1n) is 5.60. The summed E-state index contributed by atoms with van der Waals surface area (Å²) in [5.74, 6) is 0.504. The molecule has 1 saturated heterocycles. The quantitative estimate of drug-likeness (QED) is 0.754. The number of piperidine rings is 1. The molecule has 1 aromatic carbocycles. The van der Waals surface area contributed by atoms with Crippen LogP contribution in [0.1, 0.15) is 18.4 Å². The fourth-order valence-corrected chi connectivity index (χ4v) is 2.45. The number of hydrogen-bond acceptors (Lipinski definition) is 3. The fraction of sp³-hybridized carbons (Fsp3) is 0.500. The molecule has 2 aliphatic rings. The molecular weight excluding hydrogens is 226 g/mol. The van der Waals surface area contributed by atoms with Gasteiger partial charge in [-0.3, -0.25) is 0 Å². The van der Waals surface area contributed by atoms with E-state index in [0.29, 0.717) is 6.61 Å². The number of ether oxygens (including phenoxy) is 2. The minimum atomic E-state index is -0.411. The van der Waals surface area contributed by atoms with Crippen LogP contribution in [0.5, 0.6) is 5.75 Å². The van der Waals surface area contributed by atoms with Crippen molar-refractivity contribution < 1.29 is 9.47 Å². The van der Waals surface area contributed by atoms with E-state index in [2.05, 4.69) is 5.32 Å². The normalized spacial score (nSPS) is 22.6. The molecule has 1 fully saturated rings. The molecule has 0 atom stereocenters. The van der Waals surface area contributed by atoms with Crippen molar-refractivity contribution in [2.45, 2.75) is 25.2 Å². The minimum absolute atomic E-state index is 0.411. The van der Waals surface area contributed by atoms with E-state index in [4.69, 9.17) is 21.1 Å².